The molecule has 0 atom stereocenters. The van der Waals surface area contributed by atoms with Gasteiger partial charge in [-0.3, -0.25) is 4.79 Å². The third kappa shape index (κ3) is 4.78. The van der Waals surface area contributed by atoms with Gasteiger partial charge in [0.25, 0.3) is 0 Å². The fourth-order valence-electron chi connectivity index (χ4n) is 2.45. The van der Waals surface area contributed by atoms with Gasteiger partial charge in [-0.2, -0.15) is 4.31 Å². The highest BCUT2D eigenvalue weighted by Crippen LogP contribution is 2.20. The van der Waals surface area contributed by atoms with Crippen molar-refractivity contribution in [2.24, 2.45) is 0 Å². The number of carbonyl (C=O) groups excluding carboxylic acids is 2. The maximum Gasteiger partial charge on any atom is 0.341 e. The van der Waals surface area contributed by atoms with Crippen LogP contribution in [0.25, 0.3) is 0 Å². The molecule has 0 saturated carbocycles. The number of hydrogen-bond donors (Lipinski definition) is 0. The first kappa shape index (κ1) is 20.7. The van der Waals surface area contributed by atoms with Crippen LogP contribution in [-0.4, -0.2) is 44.2 Å². The third-order valence-electron chi connectivity index (χ3n) is 3.93. The molecule has 0 bridgehead atoms. The Balaban J connectivity index is 2.20. The zero-order valence-corrected chi connectivity index (χ0v) is 15.8. The second kappa shape index (κ2) is 8.88. The van der Waals surface area contributed by atoms with Crippen LogP contribution in [0, 0.1) is 5.82 Å². The van der Waals surface area contributed by atoms with Crippen molar-refractivity contribution in [1.29, 1.82) is 0 Å². The number of sulfonamides is 1. The molecule has 0 spiro atoms. The first-order valence-electron chi connectivity index (χ1n) is 8.36. The molecular weight excluding hydrogens is 373 g/mol. The number of ether oxygens (including phenoxy) is 1. The van der Waals surface area contributed by atoms with Crippen molar-refractivity contribution in [3.63, 3.8) is 0 Å². The van der Waals surface area contributed by atoms with Crippen LogP contribution in [-0.2, 0) is 14.8 Å². The van der Waals surface area contributed by atoms with Crippen LogP contribution in [0.1, 0.15) is 34.6 Å². The van der Waals surface area contributed by atoms with Gasteiger partial charge in [0, 0.05) is 18.7 Å². The zero-order valence-electron chi connectivity index (χ0n) is 15.0. The molecule has 6 nitrogen and oxygen atoms in total. The van der Waals surface area contributed by atoms with Gasteiger partial charge in [-0.25, -0.2) is 17.6 Å². The quantitative estimate of drug-likeness (QED) is 0.509. The number of Topliss-reactive ketones (excluding diaryl/α,β-unsaturated/α-hetero) is 1. The lowest BCUT2D eigenvalue weighted by Gasteiger charge is -2.18. The fourth-order valence-corrected chi connectivity index (χ4v) is 3.93. The molecule has 0 unspecified atom stereocenters. The number of carbonyl (C=O) groups is 2. The summed E-state index contributed by atoms with van der Waals surface area (Å²) in [5, 5.41) is 0. The van der Waals surface area contributed by atoms with E-state index in [1.165, 1.54) is 4.31 Å². The van der Waals surface area contributed by atoms with Crippen LogP contribution < -0.4 is 0 Å². The molecule has 0 heterocycles. The number of ketones is 1. The topological polar surface area (TPSA) is 80.8 Å². The molecule has 0 amide bonds. The van der Waals surface area contributed by atoms with Crippen molar-refractivity contribution in [2.45, 2.75) is 18.7 Å². The molecule has 0 fully saturated rings. The van der Waals surface area contributed by atoms with Crippen molar-refractivity contribution in [1.82, 2.24) is 4.31 Å². The van der Waals surface area contributed by atoms with E-state index in [9.17, 15) is 22.4 Å². The molecule has 27 heavy (non-hydrogen) atoms. The lowest BCUT2D eigenvalue weighted by molar-refractivity contribution is 0.0470. The van der Waals surface area contributed by atoms with E-state index >= 15 is 0 Å². The van der Waals surface area contributed by atoms with Crippen LogP contribution in [0.2, 0.25) is 0 Å². The Morgan fingerprint density at radius 3 is 2.26 bits per heavy atom. The van der Waals surface area contributed by atoms with Crippen LogP contribution in [0.15, 0.2) is 53.4 Å². The number of halogens is 1. The second-order valence-electron chi connectivity index (χ2n) is 5.60. The van der Waals surface area contributed by atoms with Gasteiger partial charge < -0.3 is 4.74 Å². The lowest BCUT2D eigenvalue weighted by atomic mass is 10.1. The summed E-state index contributed by atoms with van der Waals surface area (Å²) in [6.45, 7) is 3.25. The van der Waals surface area contributed by atoms with E-state index in [-0.39, 0.29) is 18.0 Å². The van der Waals surface area contributed by atoms with Gasteiger partial charge in [0.15, 0.2) is 12.4 Å². The summed E-state index contributed by atoms with van der Waals surface area (Å²) < 4.78 is 45.1. The van der Waals surface area contributed by atoms with E-state index in [1.807, 2.05) is 0 Å². The van der Waals surface area contributed by atoms with Gasteiger partial charge in [-0.05, 0) is 18.2 Å². The lowest BCUT2D eigenvalue weighted by Crippen LogP contribution is -2.30. The van der Waals surface area contributed by atoms with Crippen LogP contribution in [0.5, 0.6) is 0 Å². The third-order valence-corrected chi connectivity index (χ3v) is 5.98. The predicted molar refractivity (Wildman–Crippen MR) is 97.6 cm³/mol. The van der Waals surface area contributed by atoms with Gasteiger partial charge in [0.1, 0.15) is 5.82 Å². The van der Waals surface area contributed by atoms with Crippen LogP contribution in [0.3, 0.4) is 0 Å². The molecule has 0 aromatic heterocycles. The minimum Gasteiger partial charge on any atom is -0.454 e. The first-order valence-corrected chi connectivity index (χ1v) is 9.80. The number of rotatable bonds is 8. The van der Waals surface area contributed by atoms with Crippen LogP contribution >= 0.6 is 0 Å². The first-order chi connectivity index (χ1) is 12.8. The van der Waals surface area contributed by atoms with Gasteiger partial charge in [0.05, 0.1) is 10.5 Å². The molecular formula is C19H20FNO5S. The Morgan fingerprint density at radius 1 is 1.04 bits per heavy atom. The number of benzene rings is 2. The summed E-state index contributed by atoms with van der Waals surface area (Å²) in [6, 6.07) is 11.1. The molecule has 144 valence electrons. The summed E-state index contributed by atoms with van der Waals surface area (Å²) in [5.41, 5.74) is -0.187. The highest BCUT2D eigenvalue weighted by molar-refractivity contribution is 7.89. The van der Waals surface area contributed by atoms with E-state index in [4.69, 9.17) is 4.74 Å². The Morgan fingerprint density at radius 2 is 1.67 bits per heavy atom. The summed E-state index contributed by atoms with van der Waals surface area (Å²) in [5.74, 6) is -2.48. The number of hydrogen-bond acceptors (Lipinski definition) is 5. The SMILES string of the molecule is CCN(CC)S(=O)(=O)c1ccc(F)c(C(=O)OCC(=O)c2ccccc2)c1. The molecule has 8 heteroatoms. The maximum absolute atomic E-state index is 14.0. The summed E-state index contributed by atoms with van der Waals surface area (Å²) in [7, 11) is -3.86. The highest BCUT2D eigenvalue weighted by Gasteiger charge is 2.25. The van der Waals surface area contributed by atoms with Crippen molar-refractivity contribution < 1.29 is 27.1 Å². The van der Waals surface area contributed by atoms with Crippen molar-refractivity contribution in [3.8, 4) is 0 Å². The standard InChI is InChI=1S/C19H20FNO5S/c1-3-21(4-2)27(24,25)15-10-11-17(20)16(12-15)19(23)26-13-18(22)14-8-6-5-7-9-14/h5-12H,3-4,13H2,1-2H3. The molecule has 2 rings (SSSR count). The molecule has 2 aromatic carbocycles. The van der Waals surface area contributed by atoms with Gasteiger partial charge in [0.2, 0.25) is 10.0 Å². The summed E-state index contributed by atoms with van der Waals surface area (Å²) in [4.78, 5) is 23.9. The van der Waals surface area contributed by atoms with Gasteiger partial charge in [-0.15, -0.1) is 0 Å². The Labute approximate surface area is 157 Å². The average molecular weight is 393 g/mol. The van der Waals surface area contributed by atoms with E-state index < -0.39 is 39.8 Å². The summed E-state index contributed by atoms with van der Waals surface area (Å²) in [6.07, 6.45) is 0. The molecule has 0 radical (unpaired) electrons. The molecule has 0 aliphatic carbocycles. The average Bonchev–Trinajstić information content (AvgIpc) is 2.67. The smallest absolute Gasteiger partial charge is 0.341 e. The normalized spacial score (nSPS) is 11.4. The highest BCUT2D eigenvalue weighted by atomic mass is 32.2. The number of nitrogens with zero attached hydrogens (tertiary/aromatic N) is 1. The van der Waals surface area contributed by atoms with Gasteiger partial charge >= 0.3 is 5.97 Å². The van der Waals surface area contributed by atoms with Crippen molar-refractivity contribution in [2.75, 3.05) is 19.7 Å². The minimum absolute atomic E-state index is 0.214. The van der Waals surface area contributed by atoms with Gasteiger partial charge in [-0.1, -0.05) is 44.2 Å². The monoisotopic (exact) mass is 393 g/mol. The zero-order chi connectivity index (χ0) is 20.0. The molecule has 0 aliphatic rings. The Kier molecular flexibility index (Phi) is 6.81. The second-order valence-corrected chi connectivity index (χ2v) is 7.53. The maximum atomic E-state index is 14.0. The molecule has 0 aliphatic heterocycles. The number of esters is 1. The largest absolute Gasteiger partial charge is 0.454 e. The van der Waals surface area contributed by atoms with E-state index in [0.29, 0.717) is 5.56 Å². The van der Waals surface area contributed by atoms with E-state index in [2.05, 4.69) is 0 Å². The Hall–Kier alpha value is -2.58. The molecule has 0 N–H and O–H groups in total. The Bertz CT molecular complexity index is 924. The van der Waals surface area contributed by atoms with Crippen molar-refractivity contribution >= 4 is 21.8 Å². The van der Waals surface area contributed by atoms with Crippen LogP contribution in [0.4, 0.5) is 4.39 Å². The minimum atomic E-state index is -3.86. The fraction of sp³-hybridized carbons (Fsp3) is 0.263. The molecule has 0 saturated heterocycles. The molecule has 2 aromatic rings. The predicted octanol–water partition coefficient (Wildman–Crippen LogP) is 2.90. The van der Waals surface area contributed by atoms with Crippen molar-refractivity contribution in [3.05, 3.63) is 65.5 Å². The van der Waals surface area contributed by atoms with E-state index in [1.54, 1.807) is 44.2 Å². The van der Waals surface area contributed by atoms with E-state index in [0.717, 1.165) is 18.2 Å². The summed E-state index contributed by atoms with van der Waals surface area (Å²) >= 11 is 0.